The molecule has 0 saturated carbocycles. The number of nitrogens with one attached hydrogen (secondary N) is 2. The Morgan fingerprint density at radius 1 is 1.03 bits per heavy atom. The van der Waals surface area contributed by atoms with E-state index in [9.17, 15) is 10.1 Å². The van der Waals surface area contributed by atoms with Crippen molar-refractivity contribution in [1.82, 2.24) is 24.5 Å². The van der Waals surface area contributed by atoms with E-state index in [2.05, 4.69) is 36.6 Å². The molecular formula is C28H24N8O2. The predicted octanol–water partition coefficient (Wildman–Crippen LogP) is 4.33. The number of benzene rings is 2. The Balaban J connectivity index is 1.71. The summed E-state index contributed by atoms with van der Waals surface area (Å²) in [5.74, 6) is 0.750. The molecule has 1 atom stereocenters. The third kappa shape index (κ3) is 4.49. The first-order valence-electron chi connectivity index (χ1n) is 11.9. The second kappa shape index (κ2) is 10.4. The molecule has 0 spiro atoms. The van der Waals surface area contributed by atoms with Crippen molar-refractivity contribution in [2.45, 2.75) is 13.0 Å². The van der Waals surface area contributed by atoms with E-state index in [0.717, 1.165) is 5.39 Å². The van der Waals surface area contributed by atoms with Crippen LogP contribution in [0, 0.1) is 11.3 Å². The van der Waals surface area contributed by atoms with Crippen LogP contribution in [0.4, 0.5) is 11.8 Å². The number of anilines is 2. The molecule has 5 aromatic rings. The lowest BCUT2D eigenvalue weighted by molar-refractivity contribution is 0.380. The van der Waals surface area contributed by atoms with Gasteiger partial charge in [0.1, 0.15) is 17.5 Å². The molecule has 2 aromatic carbocycles. The van der Waals surface area contributed by atoms with Gasteiger partial charge < -0.3 is 15.4 Å². The van der Waals surface area contributed by atoms with Crippen molar-refractivity contribution < 1.29 is 4.74 Å². The molecule has 10 nitrogen and oxygen atoms in total. The van der Waals surface area contributed by atoms with Gasteiger partial charge in [0.15, 0.2) is 0 Å². The summed E-state index contributed by atoms with van der Waals surface area (Å²) in [6.07, 6.45) is 4.74. The molecule has 0 radical (unpaired) electrons. The SMILES string of the molecule is CNc1ncc(C#N)c(N[C@@H](C)c2cc3cccc(-c4cnc(OC)nc4)c3c(=O)n2-c2ccccc2)n1. The third-order valence-corrected chi connectivity index (χ3v) is 6.14. The topological polar surface area (TPSA) is 131 Å². The van der Waals surface area contributed by atoms with E-state index in [0.29, 0.717) is 45.2 Å². The average Bonchev–Trinajstić information content (AvgIpc) is 2.97. The second-order valence-corrected chi connectivity index (χ2v) is 8.46. The average molecular weight is 505 g/mol. The summed E-state index contributed by atoms with van der Waals surface area (Å²) in [6.45, 7) is 1.92. The highest BCUT2D eigenvalue weighted by Gasteiger charge is 2.20. The predicted molar refractivity (Wildman–Crippen MR) is 145 cm³/mol. The van der Waals surface area contributed by atoms with Crippen LogP contribution in [0.3, 0.4) is 0 Å². The Morgan fingerprint density at radius 3 is 2.47 bits per heavy atom. The molecule has 0 aliphatic carbocycles. The molecule has 3 aromatic heterocycles. The molecule has 38 heavy (non-hydrogen) atoms. The van der Waals surface area contributed by atoms with Crippen LogP contribution in [-0.4, -0.2) is 38.7 Å². The van der Waals surface area contributed by atoms with Crippen LogP contribution in [0.1, 0.15) is 24.2 Å². The molecule has 0 bridgehead atoms. The Bertz CT molecular complexity index is 1710. The van der Waals surface area contributed by atoms with Gasteiger partial charge in [-0.3, -0.25) is 9.36 Å². The molecule has 0 aliphatic heterocycles. The Kier molecular flexibility index (Phi) is 6.65. The minimum absolute atomic E-state index is 0.192. The van der Waals surface area contributed by atoms with Crippen LogP contribution in [0.25, 0.3) is 27.6 Å². The van der Waals surface area contributed by atoms with Crippen molar-refractivity contribution in [3.63, 3.8) is 0 Å². The molecule has 0 unspecified atom stereocenters. The molecule has 2 N–H and O–H groups in total. The summed E-state index contributed by atoms with van der Waals surface area (Å²) in [5, 5.41) is 17.1. The van der Waals surface area contributed by atoms with E-state index >= 15 is 0 Å². The fourth-order valence-electron chi connectivity index (χ4n) is 4.32. The molecule has 0 amide bonds. The summed E-state index contributed by atoms with van der Waals surface area (Å²) < 4.78 is 6.77. The first kappa shape index (κ1) is 24.4. The second-order valence-electron chi connectivity index (χ2n) is 8.46. The van der Waals surface area contributed by atoms with Crippen LogP contribution in [0.15, 0.2) is 78.0 Å². The lowest BCUT2D eigenvalue weighted by Gasteiger charge is -2.22. The van der Waals surface area contributed by atoms with Crippen LogP contribution >= 0.6 is 0 Å². The minimum atomic E-state index is -0.396. The number of pyridine rings is 1. The van der Waals surface area contributed by atoms with Gasteiger partial charge in [0.05, 0.1) is 24.7 Å². The van der Waals surface area contributed by atoms with Gasteiger partial charge in [0.25, 0.3) is 5.56 Å². The van der Waals surface area contributed by atoms with Crippen molar-refractivity contribution in [2.24, 2.45) is 0 Å². The maximum absolute atomic E-state index is 14.2. The summed E-state index contributed by atoms with van der Waals surface area (Å²) in [6, 6.07) is 19.1. The molecular weight excluding hydrogens is 480 g/mol. The van der Waals surface area contributed by atoms with E-state index in [4.69, 9.17) is 4.74 Å². The fraction of sp³-hybridized carbons (Fsp3) is 0.143. The van der Waals surface area contributed by atoms with Crippen molar-refractivity contribution >= 4 is 22.5 Å². The lowest BCUT2D eigenvalue weighted by Crippen LogP contribution is -2.26. The van der Waals surface area contributed by atoms with Gasteiger partial charge in [0, 0.05) is 36.4 Å². The summed E-state index contributed by atoms with van der Waals surface area (Å²) >= 11 is 0. The van der Waals surface area contributed by atoms with Gasteiger partial charge in [-0.25, -0.2) is 15.0 Å². The van der Waals surface area contributed by atoms with Crippen LogP contribution in [0.2, 0.25) is 0 Å². The van der Waals surface area contributed by atoms with Gasteiger partial charge in [-0.2, -0.15) is 10.2 Å². The molecule has 3 heterocycles. The highest BCUT2D eigenvalue weighted by Crippen LogP contribution is 2.30. The number of para-hydroxylation sites is 1. The molecule has 5 rings (SSSR count). The summed E-state index contributed by atoms with van der Waals surface area (Å²) in [5.41, 5.74) is 2.93. The van der Waals surface area contributed by atoms with Gasteiger partial charge in [-0.15, -0.1) is 0 Å². The van der Waals surface area contributed by atoms with E-state index in [-0.39, 0.29) is 11.6 Å². The smallest absolute Gasteiger partial charge is 0.316 e. The number of hydrogen-bond acceptors (Lipinski definition) is 9. The van der Waals surface area contributed by atoms with Crippen LogP contribution < -0.4 is 20.9 Å². The highest BCUT2D eigenvalue weighted by atomic mass is 16.5. The molecule has 0 fully saturated rings. The van der Waals surface area contributed by atoms with Crippen molar-refractivity contribution in [1.29, 1.82) is 5.26 Å². The van der Waals surface area contributed by atoms with E-state index in [1.54, 1.807) is 24.0 Å². The standard InChI is InChI=1S/C28H24N8O2/c1-17(34-25-19(13-29)14-31-27(30-2)35-25)23-12-18-8-7-11-22(20-15-32-28(38-3)33-16-20)24(18)26(37)36(23)21-9-5-4-6-10-21/h4-12,14-17H,1-3H3,(H2,30,31,34,35)/t17-/m0/s1. The molecule has 10 heteroatoms. The number of ether oxygens (including phenoxy) is 1. The number of hydrogen-bond donors (Lipinski definition) is 2. The number of rotatable bonds is 7. The van der Waals surface area contributed by atoms with Crippen LogP contribution in [0.5, 0.6) is 6.01 Å². The molecule has 0 aliphatic rings. The zero-order valence-corrected chi connectivity index (χ0v) is 21.0. The van der Waals surface area contributed by atoms with Gasteiger partial charge >= 0.3 is 6.01 Å². The van der Waals surface area contributed by atoms with Gasteiger partial charge in [0.2, 0.25) is 5.95 Å². The normalized spacial score (nSPS) is 11.5. The first-order valence-corrected chi connectivity index (χ1v) is 11.9. The number of aromatic nitrogens is 5. The fourth-order valence-corrected chi connectivity index (χ4v) is 4.32. The summed E-state index contributed by atoms with van der Waals surface area (Å²) in [7, 11) is 3.21. The monoisotopic (exact) mass is 504 g/mol. The first-order chi connectivity index (χ1) is 18.5. The number of fused-ring (bicyclic) bond motifs is 1. The largest absolute Gasteiger partial charge is 0.467 e. The third-order valence-electron chi connectivity index (χ3n) is 6.14. The van der Waals surface area contributed by atoms with Crippen molar-refractivity contribution in [3.05, 3.63) is 94.8 Å². The van der Waals surface area contributed by atoms with Crippen LogP contribution in [-0.2, 0) is 0 Å². The van der Waals surface area contributed by atoms with E-state index in [1.165, 1.54) is 13.3 Å². The van der Waals surface area contributed by atoms with Crippen molar-refractivity contribution in [2.75, 3.05) is 24.8 Å². The highest BCUT2D eigenvalue weighted by molar-refractivity contribution is 5.96. The molecule has 0 saturated heterocycles. The molecule has 188 valence electrons. The zero-order valence-electron chi connectivity index (χ0n) is 21.0. The Hall–Kier alpha value is -5.30. The summed E-state index contributed by atoms with van der Waals surface area (Å²) in [4.78, 5) is 31.2. The Morgan fingerprint density at radius 2 is 1.79 bits per heavy atom. The van der Waals surface area contributed by atoms with Gasteiger partial charge in [-0.1, -0.05) is 36.4 Å². The van der Waals surface area contributed by atoms with E-state index < -0.39 is 6.04 Å². The number of nitriles is 1. The van der Waals surface area contributed by atoms with Gasteiger partial charge in [-0.05, 0) is 36.1 Å². The quantitative estimate of drug-likeness (QED) is 0.332. The maximum atomic E-state index is 14.2. The zero-order chi connectivity index (χ0) is 26.6. The lowest BCUT2D eigenvalue weighted by atomic mass is 9.99. The van der Waals surface area contributed by atoms with E-state index in [1.807, 2.05) is 61.5 Å². The minimum Gasteiger partial charge on any atom is -0.467 e. The maximum Gasteiger partial charge on any atom is 0.316 e. The number of methoxy groups -OCH3 is 1. The van der Waals surface area contributed by atoms with Crippen molar-refractivity contribution in [3.8, 4) is 28.9 Å². The Labute approximate surface area is 218 Å². The number of nitrogens with zero attached hydrogens (tertiary/aromatic N) is 6.